The number of amides is 2. The molecule has 0 saturated heterocycles. The van der Waals surface area contributed by atoms with Crippen LogP contribution in [0.1, 0.15) is 44.4 Å². The Morgan fingerprint density at radius 2 is 1.95 bits per heavy atom. The molecule has 0 spiro atoms. The summed E-state index contributed by atoms with van der Waals surface area (Å²) in [7, 11) is 0. The van der Waals surface area contributed by atoms with Gasteiger partial charge in [0, 0.05) is 0 Å². The second-order valence-electron chi connectivity index (χ2n) is 6.68. The van der Waals surface area contributed by atoms with E-state index in [1.807, 2.05) is 24.3 Å². The van der Waals surface area contributed by atoms with Crippen molar-refractivity contribution in [1.82, 2.24) is 10.4 Å². The molecule has 1 aliphatic carbocycles. The van der Waals surface area contributed by atoms with E-state index >= 15 is 0 Å². The quantitative estimate of drug-likeness (QED) is 0.591. The molecule has 2 amide bonds. The van der Waals surface area contributed by atoms with Gasteiger partial charge in [-0.1, -0.05) is 45.0 Å². The maximum atomic E-state index is 12.6. The Morgan fingerprint density at radius 1 is 1.32 bits per heavy atom. The number of carbonyl (C=O) groups excluding carboxylic acids is 1. The van der Waals surface area contributed by atoms with Crippen molar-refractivity contribution in [3.63, 3.8) is 0 Å². The van der Waals surface area contributed by atoms with Gasteiger partial charge < -0.3 is 10.4 Å². The van der Waals surface area contributed by atoms with Crippen molar-refractivity contribution in [2.24, 2.45) is 5.41 Å². The lowest BCUT2D eigenvalue weighted by Crippen LogP contribution is -2.54. The lowest BCUT2D eigenvalue weighted by Gasteiger charge is -2.33. The lowest BCUT2D eigenvalue weighted by molar-refractivity contribution is -0.181. The van der Waals surface area contributed by atoms with Gasteiger partial charge in [0.05, 0.1) is 6.04 Å². The molecule has 3 N–H and O–H groups in total. The second-order valence-corrected chi connectivity index (χ2v) is 6.68. The van der Waals surface area contributed by atoms with Gasteiger partial charge in [0.25, 0.3) is 5.91 Å². The molecule has 6 heteroatoms. The van der Waals surface area contributed by atoms with E-state index < -0.39 is 29.5 Å². The van der Waals surface area contributed by atoms with E-state index in [0.29, 0.717) is 11.5 Å². The highest BCUT2D eigenvalue weighted by Crippen LogP contribution is 2.35. The molecule has 0 aliphatic heterocycles. The van der Waals surface area contributed by atoms with Crippen LogP contribution in [0.5, 0.6) is 0 Å². The van der Waals surface area contributed by atoms with Gasteiger partial charge in [-0.2, -0.15) is 0 Å². The summed E-state index contributed by atoms with van der Waals surface area (Å²) in [5.74, 6) is -0.628. The summed E-state index contributed by atoms with van der Waals surface area (Å²) in [6.07, 6.45) is 0.136. The third-order valence-electron chi connectivity index (χ3n) is 4.00. The second kappa shape index (κ2) is 5.96. The Bertz CT molecular complexity index is 580. The number of nitrogens with zero attached hydrogens (tertiary/aromatic N) is 1. The first-order chi connectivity index (χ1) is 10.2. The number of hydroxylamine groups is 2. The first-order valence-electron chi connectivity index (χ1n) is 7.31. The van der Waals surface area contributed by atoms with Crippen molar-refractivity contribution < 1.29 is 19.9 Å². The van der Waals surface area contributed by atoms with Crippen molar-refractivity contribution in [1.29, 1.82) is 0 Å². The van der Waals surface area contributed by atoms with Gasteiger partial charge in [-0.15, -0.1) is 0 Å². The van der Waals surface area contributed by atoms with Gasteiger partial charge in [0.2, 0.25) is 0 Å². The molecular weight excluding hydrogens is 284 g/mol. The van der Waals surface area contributed by atoms with Crippen LogP contribution in [-0.4, -0.2) is 33.4 Å². The number of hydrogen-bond acceptors (Lipinski definition) is 3. The minimum atomic E-state index is -1.28. The average molecular weight is 306 g/mol. The molecule has 0 radical (unpaired) electrons. The zero-order valence-corrected chi connectivity index (χ0v) is 13.0. The molecule has 0 aromatic heterocycles. The lowest BCUT2D eigenvalue weighted by atomic mass is 9.86. The van der Waals surface area contributed by atoms with E-state index in [4.69, 9.17) is 5.11 Å². The van der Waals surface area contributed by atoms with E-state index in [-0.39, 0.29) is 0 Å². The minimum Gasteiger partial charge on any atom is -0.465 e. The summed E-state index contributed by atoms with van der Waals surface area (Å²) < 4.78 is 0. The minimum absolute atomic E-state index is 0.427. The Kier molecular flexibility index (Phi) is 4.42. The van der Waals surface area contributed by atoms with E-state index in [1.54, 1.807) is 20.8 Å². The first-order valence-corrected chi connectivity index (χ1v) is 7.31. The fourth-order valence-electron chi connectivity index (χ4n) is 2.85. The largest absolute Gasteiger partial charge is 0.465 e. The van der Waals surface area contributed by atoms with Gasteiger partial charge >= 0.3 is 6.09 Å². The maximum Gasteiger partial charge on any atom is 0.405 e. The summed E-state index contributed by atoms with van der Waals surface area (Å²) >= 11 is 0. The molecule has 0 saturated carbocycles. The Morgan fingerprint density at radius 3 is 2.55 bits per heavy atom. The van der Waals surface area contributed by atoms with Gasteiger partial charge in [-0.3, -0.25) is 10.0 Å². The summed E-state index contributed by atoms with van der Waals surface area (Å²) in [4.78, 5) is 23.5. The van der Waals surface area contributed by atoms with Crippen molar-refractivity contribution in [3.05, 3.63) is 35.4 Å². The fourth-order valence-corrected chi connectivity index (χ4v) is 2.85. The van der Waals surface area contributed by atoms with Crippen LogP contribution in [0, 0.1) is 5.41 Å². The normalized spacial score (nSPS) is 18.5. The topological polar surface area (TPSA) is 89.9 Å². The molecule has 2 rings (SSSR count). The fraction of sp³-hybridized carbons (Fsp3) is 0.500. The number of fused-ring (bicyclic) bond motifs is 1. The Hall–Kier alpha value is -2.08. The number of benzene rings is 1. The number of nitrogens with one attached hydrogen (secondary N) is 1. The molecule has 0 fully saturated rings. The number of aryl methyl sites for hydroxylation is 1. The van der Waals surface area contributed by atoms with Crippen LogP contribution in [-0.2, 0) is 11.2 Å². The predicted octanol–water partition coefficient (Wildman–Crippen LogP) is 2.57. The SMILES string of the molecule is CC(C)(C)C(NC(=O)O)C(=O)N(O)C1CCc2ccccc21. The Balaban J connectivity index is 2.23. The number of carboxylic acid groups (broad SMARTS) is 1. The van der Waals surface area contributed by atoms with Gasteiger partial charge in [0.15, 0.2) is 0 Å². The highest BCUT2D eigenvalue weighted by atomic mass is 16.5. The van der Waals surface area contributed by atoms with Crippen molar-refractivity contribution >= 4 is 12.0 Å². The number of hydrogen-bond donors (Lipinski definition) is 3. The number of carbonyl (C=O) groups is 2. The van der Waals surface area contributed by atoms with E-state index in [9.17, 15) is 14.8 Å². The van der Waals surface area contributed by atoms with Crippen LogP contribution in [0.3, 0.4) is 0 Å². The number of rotatable bonds is 3. The van der Waals surface area contributed by atoms with Gasteiger partial charge in [-0.05, 0) is 29.4 Å². The molecule has 2 atom stereocenters. The van der Waals surface area contributed by atoms with E-state index in [2.05, 4.69) is 5.32 Å². The third kappa shape index (κ3) is 3.22. The molecule has 1 aromatic rings. The zero-order chi connectivity index (χ0) is 16.5. The molecule has 120 valence electrons. The van der Waals surface area contributed by atoms with E-state index in [0.717, 1.165) is 17.5 Å². The highest BCUT2D eigenvalue weighted by molar-refractivity contribution is 5.85. The van der Waals surface area contributed by atoms with Crippen LogP contribution in [0.2, 0.25) is 0 Å². The van der Waals surface area contributed by atoms with Crippen molar-refractivity contribution in [2.75, 3.05) is 0 Å². The zero-order valence-electron chi connectivity index (χ0n) is 13.0. The van der Waals surface area contributed by atoms with Gasteiger partial charge in [-0.25, -0.2) is 9.86 Å². The van der Waals surface area contributed by atoms with Crippen LogP contribution in [0.25, 0.3) is 0 Å². The standard InChI is InChI=1S/C16H22N2O4/c1-16(2,3)13(17-15(20)21)14(19)18(22)12-9-8-10-6-4-5-7-11(10)12/h4-7,12-13,17,22H,8-9H2,1-3H3,(H,20,21). The first kappa shape index (κ1) is 16.3. The predicted molar refractivity (Wildman–Crippen MR) is 80.5 cm³/mol. The average Bonchev–Trinajstić information content (AvgIpc) is 2.85. The molecule has 22 heavy (non-hydrogen) atoms. The molecule has 6 nitrogen and oxygen atoms in total. The molecule has 0 bridgehead atoms. The summed E-state index contributed by atoms with van der Waals surface area (Å²) in [5, 5.41) is 22.2. The monoisotopic (exact) mass is 306 g/mol. The summed E-state index contributed by atoms with van der Waals surface area (Å²) in [5.41, 5.74) is 1.38. The Labute approximate surface area is 129 Å². The summed E-state index contributed by atoms with van der Waals surface area (Å²) in [6.45, 7) is 5.26. The maximum absolute atomic E-state index is 12.6. The van der Waals surface area contributed by atoms with Crippen LogP contribution in [0.15, 0.2) is 24.3 Å². The van der Waals surface area contributed by atoms with Crippen LogP contribution in [0.4, 0.5) is 4.79 Å². The van der Waals surface area contributed by atoms with Crippen molar-refractivity contribution in [3.8, 4) is 0 Å². The van der Waals surface area contributed by atoms with E-state index in [1.165, 1.54) is 0 Å². The molecular formula is C16H22N2O4. The summed E-state index contributed by atoms with van der Waals surface area (Å²) in [6, 6.07) is 6.22. The molecule has 0 heterocycles. The third-order valence-corrected chi connectivity index (χ3v) is 4.00. The van der Waals surface area contributed by atoms with Crippen LogP contribution < -0.4 is 5.32 Å². The smallest absolute Gasteiger partial charge is 0.405 e. The van der Waals surface area contributed by atoms with Crippen molar-refractivity contribution in [2.45, 2.75) is 45.7 Å². The molecule has 2 unspecified atom stereocenters. The van der Waals surface area contributed by atoms with Gasteiger partial charge in [0.1, 0.15) is 6.04 Å². The molecule has 1 aromatic carbocycles. The van der Waals surface area contributed by atoms with Crippen LogP contribution >= 0.6 is 0 Å². The molecule has 1 aliphatic rings. The highest BCUT2D eigenvalue weighted by Gasteiger charge is 2.39.